The third-order valence-electron chi connectivity index (χ3n) is 3.84. The summed E-state index contributed by atoms with van der Waals surface area (Å²) < 4.78 is 0. The van der Waals surface area contributed by atoms with Crippen LogP contribution in [0.1, 0.15) is 28.4 Å². The molecule has 1 aromatic rings. The molecule has 21 heavy (non-hydrogen) atoms. The average Bonchev–Trinajstić information content (AvgIpc) is 2.53. The van der Waals surface area contributed by atoms with Crippen LogP contribution in [0, 0.1) is 18.8 Å². The van der Waals surface area contributed by atoms with Crippen molar-refractivity contribution in [1.29, 1.82) is 0 Å². The molecule has 0 aromatic heterocycles. The molecule has 0 unspecified atom stereocenters. The summed E-state index contributed by atoms with van der Waals surface area (Å²) in [6.07, 6.45) is 0. The van der Waals surface area contributed by atoms with Crippen molar-refractivity contribution in [3.8, 4) is 11.8 Å². The highest BCUT2D eigenvalue weighted by Crippen LogP contribution is 2.15. The monoisotopic (exact) mass is 285 g/mol. The number of likely N-dealkylation sites (N-methyl/N-ethyl adjacent to an activating group) is 1. The van der Waals surface area contributed by atoms with E-state index in [1.165, 1.54) is 0 Å². The molecular weight excluding hydrogens is 262 g/mol. The Labute approximate surface area is 126 Å². The van der Waals surface area contributed by atoms with E-state index in [0.717, 1.165) is 43.9 Å². The second-order valence-electron chi connectivity index (χ2n) is 5.28. The zero-order chi connectivity index (χ0) is 15.2. The van der Waals surface area contributed by atoms with Crippen molar-refractivity contribution in [2.75, 3.05) is 39.3 Å². The first-order chi connectivity index (χ1) is 10.2. The van der Waals surface area contributed by atoms with Gasteiger partial charge in [0.15, 0.2) is 0 Å². The van der Waals surface area contributed by atoms with Gasteiger partial charge in [-0.05, 0) is 25.6 Å². The van der Waals surface area contributed by atoms with Gasteiger partial charge in [-0.15, -0.1) is 0 Å². The summed E-state index contributed by atoms with van der Waals surface area (Å²) in [6.45, 7) is 8.94. The smallest absolute Gasteiger partial charge is 0.255 e. The summed E-state index contributed by atoms with van der Waals surface area (Å²) in [6, 6.07) is 5.81. The van der Waals surface area contributed by atoms with Crippen LogP contribution in [0.25, 0.3) is 0 Å². The maximum Gasteiger partial charge on any atom is 0.255 e. The zero-order valence-corrected chi connectivity index (χ0v) is 12.9. The van der Waals surface area contributed by atoms with Gasteiger partial charge in [0, 0.05) is 31.7 Å². The van der Waals surface area contributed by atoms with E-state index < -0.39 is 0 Å². The molecule has 112 valence electrons. The molecule has 4 nitrogen and oxygen atoms in total. The number of carbonyl (C=O) groups excluding carboxylic acids is 1. The number of benzene rings is 1. The highest BCUT2D eigenvalue weighted by Gasteiger charge is 2.22. The van der Waals surface area contributed by atoms with Gasteiger partial charge in [0.1, 0.15) is 0 Å². The van der Waals surface area contributed by atoms with Crippen molar-refractivity contribution in [2.24, 2.45) is 5.73 Å². The van der Waals surface area contributed by atoms with E-state index in [1.807, 2.05) is 30.0 Å². The van der Waals surface area contributed by atoms with E-state index in [2.05, 4.69) is 23.7 Å². The van der Waals surface area contributed by atoms with Crippen LogP contribution < -0.4 is 5.73 Å². The van der Waals surface area contributed by atoms with Crippen molar-refractivity contribution in [3.05, 3.63) is 34.9 Å². The molecule has 4 heteroatoms. The number of rotatable bonds is 2. The minimum Gasteiger partial charge on any atom is -0.336 e. The molecule has 2 rings (SSSR count). The molecule has 2 N–H and O–H groups in total. The SMILES string of the molecule is CCN1CCN(C(=O)c2cc(C)ccc2C#CCN)CC1. The van der Waals surface area contributed by atoms with Gasteiger partial charge in [-0.2, -0.15) is 0 Å². The number of hydrogen-bond donors (Lipinski definition) is 1. The van der Waals surface area contributed by atoms with Gasteiger partial charge in [0.05, 0.1) is 12.1 Å². The molecule has 1 fully saturated rings. The van der Waals surface area contributed by atoms with Crippen LogP contribution in [0.5, 0.6) is 0 Å². The number of piperazine rings is 1. The predicted molar refractivity (Wildman–Crippen MR) is 85.1 cm³/mol. The molecule has 0 spiro atoms. The standard InChI is InChI=1S/C17H23N3O/c1-3-19-9-11-20(12-10-19)17(21)16-13-14(2)6-7-15(16)5-4-8-18/h6-7,13H,3,8-12,18H2,1-2H3. The molecule has 0 atom stereocenters. The van der Waals surface area contributed by atoms with Crippen molar-refractivity contribution >= 4 is 5.91 Å². The van der Waals surface area contributed by atoms with Crippen molar-refractivity contribution in [2.45, 2.75) is 13.8 Å². The fraction of sp³-hybridized carbons (Fsp3) is 0.471. The minimum atomic E-state index is 0.0794. The van der Waals surface area contributed by atoms with Crippen molar-refractivity contribution in [1.82, 2.24) is 9.80 Å². The Morgan fingerprint density at radius 1 is 1.29 bits per heavy atom. The van der Waals surface area contributed by atoms with Crippen LogP contribution in [-0.4, -0.2) is 55.0 Å². The molecule has 1 heterocycles. The average molecular weight is 285 g/mol. The van der Waals surface area contributed by atoms with E-state index in [1.54, 1.807) is 0 Å². The molecular formula is C17H23N3O. The normalized spacial score (nSPS) is 15.5. The van der Waals surface area contributed by atoms with Gasteiger partial charge in [-0.1, -0.05) is 30.4 Å². The number of nitrogens with zero attached hydrogens (tertiary/aromatic N) is 2. The Balaban J connectivity index is 2.20. The highest BCUT2D eigenvalue weighted by molar-refractivity contribution is 5.97. The second kappa shape index (κ2) is 7.26. The van der Waals surface area contributed by atoms with Gasteiger partial charge >= 0.3 is 0 Å². The third kappa shape index (κ3) is 3.84. The zero-order valence-electron chi connectivity index (χ0n) is 12.9. The van der Waals surface area contributed by atoms with E-state index in [-0.39, 0.29) is 5.91 Å². The fourth-order valence-corrected chi connectivity index (χ4v) is 2.53. The van der Waals surface area contributed by atoms with Crippen molar-refractivity contribution < 1.29 is 4.79 Å². The van der Waals surface area contributed by atoms with E-state index in [9.17, 15) is 4.79 Å². The summed E-state index contributed by atoms with van der Waals surface area (Å²) in [7, 11) is 0. The van der Waals surface area contributed by atoms with Crippen LogP contribution in [0.2, 0.25) is 0 Å². The maximum absolute atomic E-state index is 12.7. The van der Waals surface area contributed by atoms with E-state index in [4.69, 9.17) is 5.73 Å². The largest absolute Gasteiger partial charge is 0.336 e. The maximum atomic E-state index is 12.7. The summed E-state index contributed by atoms with van der Waals surface area (Å²) in [5, 5.41) is 0. The van der Waals surface area contributed by atoms with Gasteiger partial charge in [-0.3, -0.25) is 4.79 Å². The van der Waals surface area contributed by atoms with Crippen LogP contribution in [0.3, 0.4) is 0 Å². The van der Waals surface area contributed by atoms with Gasteiger partial charge in [-0.25, -0.2) is 0 Å². The Bertz CT molecular complexity index is 563. The first kappa shape index (κ1) is 15.6. The second-order valence-corrected chi connectivity index (χ2v) is 5.28. The highest BCUT2D eigenvalue weighted by atomic mass is 16.2. The fourth-order valence-electron chi connectivity index (χ4n) is 2.53. The molecule has 0 saturated carbocycles. The summed E-state index contributed by atoms with van der Waals surface area (Å²) >= 11 is 0. The Morgan fingerprint density at radius 2 is 2.00 bits per heavy atom. The van der Waals surface area contributed by atoms with E-state index >= 15 is 0 Å². The lowest BCUT2D eigenvalue weighted by Gasteiger charge is -2.34. The molecule has 0 bridgehead atoms. The Morgan fingerprint density at radius 3 is 2.62 bits per heavy atom. The molecule has 0 radical (unpaired) electrons. The predicted octanol–water partition coefficient (Wildman–Crippen LogP) is 1.08. The quantitative estimate of drug-likeness (QED) is 0.827. The molecule has 1 aliphatic rings. The topological polar surface area (TPSA) is 49.6 Å². The number of hydrogen-bond acceptors (Lipinski definition) is 3. The number of amides is 1. The molecule has 1 aliphatic heterocycles. The lowest BCUT2D eigenvalue weighted by Crippen LogP contribution is -2.48. The Kier molecular flexibility index (Phi) is 5.38. The number of carbonyl (C=O) groups is 1. The summed E-state index contributed by atoms with van der Waals surface area (Å²) in [5.41, 5.74) is 7.97. The molecule has 1 saturated heterocycles. The van der Waals surface area contributed by atoms with Crippen molar-refractivity contribution in [3.63, 3.8) is 0 Å². The minimum absolute atomic E-state index is 0.0794. The third-order valence-corrected chi connectivity index (χ3v) is 3.84. The molecule has 1 aromatic carbocycles. The van der Waals surface area contributed by atoms with Crippen LogP contribution in [-0.2, 0) is 0 Å². The van der Waals surface area contributed by atoms with E-state index in [0.29, 0.717) is 12.1 Å². The summed E-state index contributed by atoms with van der Waals surface area (Å²) in [5.74, 6) is 5.92. The lowest BCUT2D eigenvalue weighted by molar-refractivity contribution is 0.0643. The van der Waals surface area contributed by atoms with Crippen LogP contribution >= 0.6 is 0 Å². The van der Waals surface area contributed by atoms with Crippen LogP contribution in [0.15, 0.2) is 18.2 Å². The number of aryl methyl sites for hydroxylation is 1. The molecule has 0 aliphatic carbocycles. The first-order valence-corrected chi connectivity index (χ1v) is 7.47. The van der Waals surface area contributed by atoms with Gasteiger partial charge in [0.2, 0.25) is 0 Å². The molecule has 1 amide bonds. The lowest BCUT2D eigenvalue weighted by atomic mass is 10.0. The van der Waals surface area contributed by atoms with Crippen LogP contribution in [0.4, 0.5) is 0 Å². The number of nitrogens with two attached hydrogens (primary N) is 1. The first-order valence-electron chi connectivity index (χ1n) is 7.47. The Hall–Kier alpha value is -1.83. The van der Waals surface area contributed by atoms with Gasteiger partial charge in [0.25, 0.3) is 5.91 Å². The van der Waals surface area contributed by atoms with Gasteiger partial charge < -0.3 is 15.5 Å². The summed E-state index contributed by atoms with van der Waals surface area (Å²) in [4.78, 5) is 17.0.